The summed E-state index contributed by atoms with van der Waals surface area (Å²) in [4.78, 5) is 9.25. The lowest BCUT2D eigenvalue weighted by molar-refractivity contribution is -0.183. The molecular weight excluding hydrogens is 569 g/mol. The standard InChI is InChI=1S/C33H44FN3O5S/c1-23(2)30-28(31(25-17-19-26(34)20-18-25)36-32(35-30)37(6)43(7,39)40)16-12-11-15-27(21-29(38)42-33(3,4)5)41-22-24-13-9-8-10-14-24/h8-10,12-14,16-20,23,27,29,38H,11,15,21-22H2,1-7H3/b16-12+/t27-,29?/m1/s1. The fourth-order valence-corrected chi connectivity index (χ4v) is 4.80. The number of benzene rings is 2. The Bertz CT molecular complexity index is 1460. The topological polar surface area (TPSA) is 102 Å². The molecule has 0 spiro atoms. The highest BCUT2D eigenvalue weighted by Crippen LogP contribution is 2.32. The number of anilines is 1. The summed E-state index contributed by atoms with van der Waals surface area (Å²) in [5.74, 6) is -0.392. The van der Waals surface area contributed by atoms with Gasteiger partial charge in [0.15, 0.2) is 6.29 Å². The number of ether oxygens (including phenoxy) is 2. The average Bonchev–Trinajstić information content (AvgIpc) is 2.92. The van der Waals surface area contributed by atoms with Gasteiger partial charge < -0.3 is 14.6 Å². The minimum atomic E-state index is -3.61. The highest BCUT2D eigenvalue weighted by Gasteiger charge is 2.23. The summed E-state index contributed by atoms with van der Waals surface area (Å²) in [6.07, 6.45) is 5.31. The van der Waals surface area contributed by atoms with Crippen LogP contribution < -0.4 is 4.31 Å². The second-order valence-electron chi connectivity index (χ2n) is 11.9. The normalized spacial score (nSPS) is 13.9. The fourth-order valence-electron chi connectivity index (χ4n) is 4.42. The Balaban J connectivity index is 1.90. The SMILES string of the molecule is CC(C)c1nc(N(C)S(C)(=O)=O)nc(-c2ccc(F)cc2)c1/C=C/CC[C@H](CC(O)OC(C)(C)C)OCc1ccccc1. The highest BCUT2D eigenvalue weighted by atomic mass is 32.2. The van der Waals surface area contributed by atoms with Crippen LogP contribution in [0.25, 0.3) is 17.3 Å². The summed E-state index contributed by atoms with van der Waals surface area (Å²) >= 11 is 0. The van der Waals surface area contributed by atoms with E-state index in [-0.39, 0.29) is 23.8 Å². The van der Waals surface area contributed by atoms with Crippen LogP contribution in [0.4, 0.5) is 10.3 Å². The summed E-state index contributed by atoms with van der Waals surface area (Å²) in [5.41, 5.74) is 3.08. The number of aromatic nitrogens is 2. The molecule has 0 bridgehead atoms. The third-order valence-corrected chi connectivity index (χ3v) is 7.79. The van der Waals surface area contributed by atoms with Gasteiger partial charge in [0.2, 0.25) is 16.0 Å². The van der Waals surface area contributed by atoms with E-state index in [1.165, 1.54) is 19.2 Å². The van der Waals surface area contributed by atoms with Gasteiger partial charge in [-0.15, -0.1) is 0 Å². The van der Waals surface area contributed by atoms with Gasteiger partial charge in [0.05, 0.1) is 36.0 Å². The van der Waals surface area contributed by atoms with E-state index in [2.05, 4.69) is 9.97 Å². The van der Waals surface area contributed by atoms with Gasteiger partial charge in [-0.3, -0.25) is 0 Å². The maximum Gasteiger partial charge on any atom is 0.239 e. The first-order chi connectivity index (χ1) is 20.1. The van der Waals surface area contributed by atoms with Gasteiger partial charge in [-0.2, -0.15) is 0 Å². The number of aliphatic hydroxyl groups excluding tert-OH is 1. The quantitative estimate of drug-likeness (QED) is 0.202. The first-order valence-electron chi connectivity index (χ1n) is 14.4. The molecule has 3 aromatic rings. The summed E-state index contributed by atoms with van der Waals surface area (Å²) < 4.78 is 51.4. The highest BCUT2D eigenvalue weighted by molar-refractivity contribution is 7.92. The van der Waals surface area contributed by atoms with Crippen LogP contribution in [0, 0.1) is 5.82 Å². The first-order valence-corrected chi connectivity index (χ1v) is 16.3. The molecule has 0 radical (unpaired) electrons. The molecule has 0 aliphatic carbocycles. The Morgan fingerprint density at radius 2 is 1.70 bits per heavy atom. The predicted molar refractivity (Wildman–Crippen MR) is 170 cm³/mol. The largest absolute Gasteiger partial charge is 0.373 e. The van der Waals surface area contributed by atoms with E-state index in [0.717, 1.165) is 21.7 Å². The van der Waals surface area contributed by atoms with Crippen LogP contribution in [0.1, 0.15) is 76.6 Å². The lowest BCUT2D eigenvalue weighted by atomic mass is 9.97. The van der Waals surface area contributed by atoms with Crippen LogP contribution in [0.15, 0.2) is 60.7 Å². The van der Waals surface area contributed by atoms with Gasteiger partial charge in [0.25, 0.3) is 0 Å². The number of hydrogen-bond acceptors (Lipinski definition) is 7. The van der Waals surface area contributed by atoms with Crippen molar-refractivity contribution in [3.8, 4) is 11.3 Å². The first kappa shape index (κ1) is 34.3. The van der Waals surface area contributed by atoms with E-state index >= 15 is 0 Å². The lowest BCUT2D eigenvalue weighted by Gasteiger charge is -2.27. The molecule has 3 rings (SSSR count). The second-order valence-corrected chi connectivity index (χ2v) is 13.9. The van der Waals surface area contributed by atoms with Crippen LogP contribution in [-0.4, -0.2) is 54.8 Å². The molecule has 2 atom stereocenters. The van der Waals surface area contributed by atoms with Gasteiger partial charge >= 0.3 is 0 Å². The van der Waals surface area contributed by atoms with Crippen LogP contribution in [0.2, 0.25) is 0 Å². The van der Waals surface area contributed by atoms with Gasteiger partial charge in [0.1, 0.15) is 5.82 Å². The Morgan fingerprint density at radius 1 is 1.05 bits per heavy atom. The summed E-state index contributed by atoms with van der Waals surface area (Å²) in [6, 6.07) is 15.8. The van der Waals surface area contributed by atoms with Gasteiger partial charge in [-0.05, 0) is 69.4 Å². The number of rotatable bonds is 14. The fraction of sp³-hybridized carbons (Fsp3) is 0.455. The van der Waals surface area contributed by atoms with Crippen LogP contribution in [0.3, 0.4) is 0 Å². The molecule has 1 N–H and O–H groups in total. The zero-order valence-electron chi connectivity index (χ0n) is 26.1. The molecule has 1 aromatic heterocycles. The third kappa shape index (κ3) is 10.8. The van der Waals surface area contributed by atoms with E-state index in [0.29, 0.717) is 42.8 Å². The van der Waals surface area contributed by atoms with Crippen molar-refractivity contribution in [3.05, 3.63) is 83.3 Å². The van der Waals surface area contributed by atoms with E-state index in [4.69, 9.17) is 9.47 Å². The molecule has 0 saturated carbocycles. The second kappa shape index (κ2) is 15.0. The molecule has 43 heavy (non-hydrogen) atoms. The molecular formula is C33H44FN3O5S. The number of sulfonamides is 1. The molecule has 8 nitrogen and oxygen atoms in total. The van der Waals surface area contributed by atoms with Crippen LogP contribution in [-0.2, 0) is 26.1 Å². The van der Waals surface area contributed by atoms with Crippen LogP contribution in [0.5, 0.6) is 0 Å². The van der Waals surface area contributed by atoms with Gasteiger partial charge in [0, 0.05) is 24.6 Å². The Kier molecular flexibility index (Phi) is 12.0. The predicted octanol–water partition coefficient (Wildman–Crippen LogP) is 6.70. The summed E-state index contributed by atoms with van der Waals surface area (Å²) in [5, 5.41) is 10.6. The van der Waals surface area contributed by atoms with E-state index in [9.17, 15) is 17.9 Å². The van der Waals surface area contributed by atoms with E-state index < -0.39 is 21.9 Å². The number of allylic oxidation sites excluding steroid dienone is 1. The molecule has 2 aromatic carbocycles. The molecule has 0 aliphatic heterocycles. The van der Waals surface area contributed by atoms with Crippen molar-refractivity contribution in [2.75, 3.05) is 17.6 Å². The van der Waals surface area contributed by atoms with Crippen molar-refractivity contribution in [2.24, 2.45) is 0 Å². The minimum absolute atomic E-state index is 0.0462. The summed E-state index contributed by atoms with van der Waals surface area (Å²) in [7, 11) is -2.20. The lowest BCUT2D eigenvalue weighted by Crippen LogP contribution is -2.31. The van der Waals surface area contributed by atoms with Crippen molar-refractivity contribution in [1.29, 1.82) is 0 Å². The van der Waals surface area contributed by atoms with Crippen molar-refractivity contribution in [1.82, 2.24) is 9.97 Å². The molecule has 0 amide bonds. The monoisotopic (exact) mass is 613 g/mol. The molecule has 234 valence electrons. The van der Waals surface area contributed by atoms with Crippen molar-refractivity contribution in [2.45, 2.75) is 84.4 Å². The zero-order chi connectivity index (χ0) is 31.8. The number of nitrogens with zero attached hydrogens (tertiary/aromatic N) is 3. The van der Waals surface area contributed by atoms with Crippen molar-refractivity contribution in [3.63, 3.8) is 0 Å². The molecule has 10 heteroatoms. The number of hydrogen-bond donors (Lipinski definition) is 1. The number of halogens is 1. The van der Waals surface area contributed by atoms with Crippen molar-refractivity contribution >= 4 is 22.0 Å². The maximum absolute atomic E-state index is 13.8. The number of aliphatic hydroxyl groups is 1. The van der Waals surface area contributed by atoms with Gasteiger partial charge in [-0.25, -0.2) is 27.1 Å². The zero-order valence-corrected chi connectivity index (χ0v) is 26.9. The van der Waals surface area contributed by atoms with E-state index in [1.807, 2.05) is 77.1 Å². The van der Waals surface area contributed by atoms with Crippen LogP contribution >= 0.6 is 0 Å². The van der Waals surface area contributed by atoms with E-state index in [1.54, 1.807) is 12.1 Å². The third-order valence-electron chi connectivity index (χ3n) is 6.63. The Morgan fingerprint density at radius 3 is 2.28 bits per heavy atom. The minimum Gasteiger partial charge on any atom is -0.373 e. The van der Waals surface area contributed by atoms with Crippen molar-refractivity contribution < 1.29 is 27.4 Å². The smallest absolute Gasteiger partial charge is 0.239 e. The van der Waals surface area contributed by atoms with Gasteiger partial charge in [-0.1, -0.05) is 56.3 Å². The Labute approximate surface area is 255 Å². The molecule has 0 aliphatic rings. The molecule has 1 heterocycles. The summed E-state index contributed by atoms with van der Waals surface area (Å²) in [6.45, 7) is 10.0. The molecule has 0 fully saturated rings. The molecule has 0 saturated heterocycles. The Hall–Kier alpha value is -3.18. The maximum atomic E-state index is 13.8. The average molecular weight is 614 g/mol. The molecule has 1 unspecified atom stereocenters.